The molecule has 6 nitrogen and oxygen atoms in total. The number of carbonyl (C=O) groups is 1. The second-order valence-electron chi connectivity index (χ2n) is 5.93. The maximum absolute atomic E-state index is 12.3. The third-order valence-corrected chi connectivity index (χ3v) is 4.34. The number of halogens is 1. The molecule has 2 aromatic carbocycles. The molecule has 0 atom stereocenters. The lowest BCUT2D eigenvalue weighted by atomic mass is 10.0. The zero-order valence-corrected chi connectivity index (χ0v) is 16.4. The molecule has 0 saturated carbocycles. The molecule has 2 amide bonds. The van der Waals surface area contributed by atoms with Gasteiger partial charge in [0.15, 0.2) is 0 Å². The van der Waals surface area contributed by atoms with E-state index in [4.69, 9.17) is 16.3 Å². The molecule has 1 aromatic heterocycles. The summed E-state index contributed by atoms with van der Waals surface area (Å²) in [5.74, 6) is 1.44. The molecule has 144 valence electrons. The Kier molecular flexibility index (Phi) is 6.34. The van der Waals surface area contributed by atoms with Crippen LogP contribution in [0.5, 0.6) is 5.75 Å². The van der Waals surface area contributed by atoms with E-state index in [0.717, 1.165) is 23.5 Å². The van der Waals surface area contributed by atoms with Crippen LogP contribution < -0.4 is 20.7 Å². The van der Waals surface area contributed by atoms with Gasteiger partial charge in [-0.2, -0.15) is 0 Å². The summed E-state index contributed by atoms with van der Waals surface area (Å²) in [6.45, 7) is 2.81. The predicted octanol–water partition coefficient (Wildman–Crippen LogP) is 5.49. The summed E-state index contributed by atoms with van der Waals surface area (Å²) >= 11 is 6.07. The number of rotatable bonds is 6. The molecule has 3 aromatic rings. The lowest BCUT2D eigenvalue weighted by molar-refractivity contribution is 0.262. The highest BCUT2D eigenvalue weighted by atomic mass is 35.5. The van der Waals surface area contributed by atoms with Crippen molar-refractivity contribution >= 4 is 34.8 Å². The zero-order valence-electron chi connectivity index (χ0n) is 15.6. The van der Waals surface area contributed by atoms with Crippen LogP contribution in [0.1, 0.15) is 6.92 Å². The van der Waals surface area contributed by atoms with Gasteiger partial charge in [-0.05, 0) is 48.9 Å². The van der Waals surface area contributed by atoms with Crippen molar-refractivity contribution in [2.75, 3.05) is 29.6 Å². The van der Waals surface area contributed by atoms with Gasteiger partial charge in [0, 0.05) is 30.1 Å². The van der Waals surface area contributed by atoms with Gasteiger partial charge >= 0.3 is 6.03 Å². The minimum atomic E-state index is -0.388. The second kappa shape index (κ2) is 9.10. The van der Waals surface area contributed by atoms with E-state index in [1.807, 2.05) is 31.2 Å². The molecule has 1 heterocycles. The van der Waals surface area contributed by atoms with Crippen LogP contribution in [0.3, 0.4) is 0 Å². The largest absolute Gasteiger partial charge is 0.496 e. The maximum atomic E-state index is 12.3. The highest BCUT2D eigenvalue weighted by Gasteiger charge is 2.11. The van der Waals surface area contributed by atoms with Crippen LogP contribution in [0.25, 0.3) is 11.1 Å². The Bertz CT molecular complexity index is 978. The quantitative estimate of drug-likeness (QED) is 0.515. The first kappa shape index (κ1) is 19.5. The first-order chi connectivity index (χ1) is 13.6. The summed E-state index contributed by atoms with van der Waals surface area (Å²) in [7, 11) is 1.60. The molecule has 0 unspecified atom stereocenters. The third kappa shape index (κ3) is 4.72. The van der Waals surface area contributed by atoms with Crippen molar-refractivity contribution in [3.63, 3.8) is 0 Å². The molecule has 0 aliphatic rings. The highest BCUT2D eigenvalue weighted by molar-refractivity contribution is 6.33. The van der Waals surface area contributed by atoms with Gasteiger partial charge in [-0.3, -0.25) is 0 Å². The summed E-state index contributed by atoms with van der Waals surface area (Å²) in [6.07, 6.45) is 1.75. The number of carbonyl (C=O) groups excluding carboxylic acids is 1. The molecule has 0 aliphatic heterocycles. The fourth-order valence-corrected chi connectivity index (χ4v) is 2.91. The van der Waals surface area contributed by atoms with E-state index in [-0.39, 0.29) is 6.03 Å². The first-order valence-corrected chi connectivity index (χ1v) is 9.19. The van der Waals surface area contributed by atoms with Gasteiger partial charge in [0.05, 0.1) is 17.8 Å². The number of nitrogens with one attached hydrogen (secondary N) is 3. The molecule has 0 radical (unpaired) electrons. The number of benzene rings is 2. The Balaban J connectivity index is 1.78. The van der Waals surface area contributed by atoms with Crippen LogP contribution in [0.2, 0.25) is 5.02 Å². The Hall–Kier alpha value is -3.25. The first-order valence-electron chi connectivity index (χ1n) is 8.81. The van der Waals surface area contributed by atoms with Crippen LogP contribution in [0, 0.1) is 0 Å². The summed E-state index contributed by atoms with van der Waals surface area (Å²) in [4.78, 5) is 16.6. The number of anilines is 3. The number of hydrogen-bond donors (Lipinski definition) is 3. The molecule has 0 bridgehead atoms. The van der Waals surface area contributed by atoms with Crippen molar-refractivity contribution in [1.82, 2.24) is 4.98 Å². The van der Waals surface area contributed by atoms with Crippen LogP contribution in [-0.4, -0.2) is 24.7 Å². The fourth-order valence-electron chi connectivity index (χ4n) is 2.73. The van der Waals surface area contributed by atoms with E-state index < -0.39 is 0 Å². The SMILES string of the molecule is CCNc1cc(-c2ccc(NC(=O)Nc3ccccc3Cl)cc2OC)ccn1. The summed E-state index contributed by atoms with van der Waals surface area (Å²) in [5.41, 5.74) is 3.01. The van der Waals surface area contributed by atoms with Gasteiger partial charge in [0.1, 0.15) is 11.6 Å². The van der Waals surface area contributed by atoms with Gasteiger partial charge in [0.2, 0.25) is 0 Å². The van der Waals surface area contributed by atoms with Crippen LogP contribution in [0.4, 0.5) is 22.0 Å². The molecule has 0 fully saturated rings. The van der Waals surface area contributed by atoms with Crippen molar-refractivity contribution in [3.05, 3.63) is 65.8 Å². The number of urea groups is 1. The summed E-state index contributed by atoms with van der Waals surface area (Å²) in [5, 5.41) is 9.18. The van der Waals surface area contributed by atoms with E-state index in [0.29, 0.717) is 22.1 Å². The average molecular weight is 397 g/mol. The Morgan fingerprint density at radius 1 is 1.11 bits per heavy atom. The van der Waals surface area contributed by atoms with Crippen LogP contribution >= 0.6 is 11.6 Å². The third-order valence-electron chi connectivity index (χ3n) is 4.01. The fraction of sp³-hybridized carbons (Fsp3) is 0.143. The van der Waals surface area contributed by atoms with E-state index in [2.05, 4.69) is 20.9 Å². The Morgan fingerprint density at radius 3 is 2.68 bits per heavy atom. The van der Waals surface area contributed by atoms with Gasteiger partial charge in [-0.1, -0.05) is 23.7 Å². The number of pyridine rings is 1. The molecular weight excluding hydrogens is 376 g/mol. The van der Waals surface area contributed by atoms with Gasteiger partial charge in [-0.15, -0.1) is 0 Å². The number of nitrogens with zero attached hydrogens (tertiary/aromatic N) is 1. The van der Waals surface area contributed by atoms with Crippen molar-refractivity contribution < 1.29 is 9.53 Å². The number of amides is 2. The summed E-state index contributed by atoms with van der Waals surface area (Å²) < 4.78 is 5.53. The Morgan fingerprint density at radius 2 is 1.93 bits per heavy atom. The van der Waals surface area contributed by atoms with Crippen molar-refractivity contribution in [3.8, 4) is 16.9 Å². The topological polar surface area (TPSA) is 75.3 Å². The number of methoxy groups -OCH3 is 1. The van der Waals surface area contributed by atoms with Crippen molar-refractivity contribution in [2.24, 2.45) is 0 Å². The minimum absolute atomic E-state index is 0.388. The minimum Gasteiger partial charge on any atom is -0.496 e. The van der Waals surface area contributed by atoms with E-state index >= 15 is 0 Å². The van der Waals surface area contributed by atoms with E-state index in [1.54, 1.807) is 43.6 Å². The molecule has 0 saturated heterocycles. The standard InChI is InChI=1S/C21H21ClN4O2/c1-3-23-20-12-14(10-11-24-20)16-9-8-15(13-19(16)28-2)25-21(27)26-18-7-5-4-6-17(18)22/h4-13H,3H2,1-2H3,(H,23,24)(H2,25,26,27). The Labute approximate surface area is 168 Å². The number of ether oxygens (including phenoxy) is 1. The molecule has 3 N–H and O–H groups in total. The normalized spacial score (nSPS) is 10.2. The monoisotopic (exact) mass is 396 g/mol. The molecule has 0 aliphatic carbocycles. The lowest BCUT2D eigenvalue weighted by Gasteiger charge is -2.13. The van der Waals surface area contributed by atoms with Crippen molar-refractivity contribution in [2.45, 2.75) is 6.92 Å². The van der Waals surface area contributed by atoms with E-state index in [1.165, 1.54) is 0 Å². The van der Waals surface area contributed by atoms with Gasteiger partial charge in [0.25, 0.3) is 0 Å². The van der Waals surface area contributed by atoms with Gasteiger partial charge < -0.3 is 20.7 Å². The summed E-state index contributed by atoms with van der Waals surface area (Å²) in [6, 6.07) is 16.0. The highest BCUT2D eigenvalue weighted by Crippen LogP contribution is 2.33. The molecular formula is C21H21ClN4O2. The molecule has 7 heteroatoms. The molecule has 28 heavy (non-hydrogen) atoms. The number of para-hydroxylation sites is 1. The zero-order chi connectivity index (χ0) is 19.9. The second-order valence-corrected chi connectivity index (χ2v) is 6.34. The van der Waals surface area contributed by atoms with Crippen LogP contribution in [-0.2, 0) is 0 Å². The number of aromatic nitrogens is 1. The molecule has 3 rings (SSSR count). The van der Waals surface area contributed by atoms with Crippen LogP contribution in [0.15, 0.2) is 60.8 Å². The number of hydrogen-bond acceptors (Lipinski definition) is 4. The van der Waals surface area contributed by atoms with Gasteiger partial charge in [-0.25, -0.2) is 9.78 Å². The maximum Gasteiger partial charge on any atom is 0.323 e. The van der Waals surface area contributed by atoms with E-state index in [9.17, 15) is 4.79 Å². The molecule has 0 spiro atoms. The average Bonchev–Trinajstić information content (AvgIpc) is 2.70. The van der Waals surface area contributed by atoms with Crippen molar-refractivity contribution in [1.29, 1.82) is 0 Å². The predicted molar refractivity (Wildman–Crippen MR) is 114 cm³/mol. The lowest BCUT2D eigenvalue weighted by Crippen LogP contribution is -2.19. The smallest absolute Gasteiger partial charge is 0.323 e.